The topological polar surface area (TPSA) is 135 Å². The minimum Gasteiger partial charge on any atom is -0.476 e. The third kappa shape index (κ3) is 7.36. The number of fused-ring (bicyclic) bond motifs is 1. The number of carboxylic acids is 1. The van der Waals surface area contributed by atoms with E-state index >= 15 is 0 Å². The van der Waals surface area contributed by atoms with Crippen molar-refractivity contribution in [2.75, 3.05) is 13.2 Å². The van der Waals surface area contributed by atoms with Crippen LogP contribution < -0.4 is 5.32 Å². The quantitative estimate of drug-likeness (QED) is 0.319. The monoisotopic (exact) mass is 531 g/mol. The molecule has 37 heavy (non-hydrogen) atoms. The van der Waals surface area contributed by atoms with Gasteiger partial charge in [-0.2, -0.15) is 0 Å². The Morgan fingerprint density at radius 3 is 2.27 bits per heavy atom. The average molecular weight is 532 g/mol. The number of carboxylic acid groups (broad SMARTS) is 1. The van der Waals surface area contributed by atoms with Gasteiger partial charge in [0.1, 0.15) is 16.7 Å². The standard InChI is InChI=1S/C26H33N3O7S/c1-15(2)18(28-25(34)36-26(3,4)5)13-20(21-27-19(14-37-21)24(32)33)35-12-8-11-29-22(30)16-9-6-7-10-17(16)23(29)31/h6-7,9-10,14-15,18,20H,8,11-13H2,1-5H3,(H,28,34)(H,32,33)/t18-,20-/m1/s1. The lowest BCUT2D eigenvalue weighted by Crippen LogP contribution is -2.42. The van der Waals surface area contributed by atoms with Crippen molar-refractivity contribution in [3.8, 4) is 0 Å². The molecule has 1 aliphatic heterocycles. The summed E-state index contributed by atoms with van der Waals surface area (Å²) in [6.07, 6.45) is -0.454. The zero-order valence-electron chi connectivity index (χ0n) is 21.6. The van der Waals surface area contributed by atoms with Crippen LogP contribution in [0.1, 0.15) is 89.8 Å². The minimum absolute atomic E-state index is 0.0240. The van der Waals surface area contributed by atoms with E-state index in [1.165, 1.54) is 10.3 Å². The van der Waals surface area contributed by atoms with Gasteiger partial charge in [-0.15, -0.1) is 11.3 Å². The number of thiazole rings is 1. The predicted molar refractivity (Wildman–Crippen MR) is 137 cm³/mol. The second-order valence-electron chi connectivity index (χ2n) is 10.1. The molecule has 10 nitrogen and oxygen atoms in total. The molecule has 0 saturated carbocycles. The van der Waals surface area contributed by atoms with Crippen molar-refractivity contribution in [3.63, 3.8) is 0 Å². The number of rotatable bonds is 11. The van der Waals surface area contributed by atoms with E-state index in [1.807, 2.05) is 13.8 Å². The van der Waals surface area contributed by atoms with Crippen molar-refractivity contribution >= 4 is 35.2 Å². The fourth-order valence-electron chi connectivity index (χ4n) is 3.85. The summed E-state index contributed by atoms with van der Waals surface area (Å²) >= 11 is 1.16. The van der Waals surface area contributed by atoms with Crippen LogP contribution >= 0.6 is 11.3 Å². The van der Waals surface area contributed by atoms with Gasteiger partial charge in [-0.3, -0.25) is 14.5 Å². The minimum atomic E-state index is -1.14. The van der Waals surface area contributed by atoms with E-state index in [9.17, 15) is 24.3 Å². The Morgan fingerprint density at radius 2 is 1.76 bits per heavy atom. The van der Waals surface area contributed by atoms with Crippen LogP contribution in [-0.4, -0.2) is 63.7 Å². The molecule has 1 aliphatic rings. The SMILES string of the molecule is CC(C)[C@@H](C[C@@H](OCCCN1C(=O)c2ccccc2C1=O)c1nc(C(=O)O)cs1)NC(=O)OC(C)(C)C. The van der Waals surface area contributed by atoms with Crippen molar-refractivity contribution in [2.24, 2.45) is 5.92 Å². The van der Waals surface area contributed by atoms with Crippen molar-refractivity contribution in [1.82, 2.24) is 15.2 Å². The highest BCUT2D eigenvalue weighted by Crippen LogP contribution is 2.29. The molecule has 0 bridgehead atoms. The number of carbonyl (C=O) groups excluding carboxylic acids is 3. The number of aromatic nitrogens is 1. The van der Waals surface area contributed by atoms with Gasteiger partial charge in [0.25, 0.3) is 11.8 Å². The summed E-state index contributed by atoms with van der Waals surface area (Å²) in [4.78, 5) is 54.4. The molecule has 2 heterocycles. The van der Waals surface area contributed by atoms with Crippen LogP contribution in [0.15, 0.2) is 29.6 Å². The van der Waals surface area contributed by atoms with Crippen LogP contribution in [0.3, 0.4) is 0 Å². The highest BCUT2D eigenvalue weighted by Gasteiger charge is 2.34. The normalized spacial score (nSPS) is 15.0. The second kappa shape index (κ2) is 11.8. The van der Waals surface area contributed by atoms with Crippen LogP contribution in [0, 0.1) is 5.92 Å². The number of ether oxygens (including phenoxy) is 2. The molecule has 1 aromatic heterocycles. The Labute approximate surface area is 220 Å². The summed E-state index contributed by atoms with van der Waals surface area (Å²) in [5.41, 5.74) is 0.0458. The molecule has 0 unspecified atom stereocenters. The Bertz CT molecular complexity index is 1120. The molecule has 2 aromatic rings. The Kier molecular flexibility index (Phi) is 9.03. The first kappa shape index (κ1) is 28.3. The van der Waals surface area contributed by atoms with Crippen LogP contribution in [0.4, 0.5) is 4.79 Å². The fourth-order valence-corrected chi connectivity index (χ4v) is 4.70. The first-order chi connectivity index (χ1) is 17.4. The van der Waals surface area contributed by atoms with E-state index < -0.39 is 23.8 Å². The molecule has 1 aromatic carbocycles. The zero-order valence-corrected chi connectivity index (χ0v) is 22.5. The maximum absolute atomic E-state index is 12.6. The molecular formula is C26H33N3O7S. The number of hydrogen-bond donors (Lipinski definition) is 2. The van der Waals surface area contributed by atoms with Crippen molar-refractivity contribution in [2.45, 2.75) is 65.2 Å². The summed E-state index contributed by atoms with van der Waals surface area (Å²) < 4.78 is 11.5. The van der Waals surface area contributed by atoms with Gasteiger partial charge in [-0.05, 0) is 45.2 Å². The molecule has 2 N–H and O–H groups in total. The maximum Gasteiger partial charge on any atom is 0.407 e. The molecule has 3 amide bonds. The summed E-state index contributed by atoms with van der Waals surface area (Å²) in [5.74, 6) is -1.77. The van der Waals surface area contributed by atoms with Gasteiger partial charge < -0.3 is 19.9 Å². The van der Waals surface area contributed by atoms with E-state index in [4.69, 9.17) is 9.47 Å². The smallest absolute Gasteiger partial charge is 0.407 e. The Balaban J connectivity index is 1.66. The van der Waals surface area contributed by atoms with E-state index in [0.717, 1.165) is 11.3 Å². The van der Waals surface area contributed by atoms with Crippen molar-refractivity contribution in [1.29, 1.82) is 0 Å². The van der Waals surface area contributed by atoms with Crippen molar-refractivity contribution < 1.29 is 33.8 Å². The molecule has 0 fully saturated rings. The zero-order chi connectivity index (χ0) is 27.3. The number of amides is 3. The Hall–Kier alpha value is -3.31. The van der Waals surface area contributed by atoms with Crippen LogP contribution in [0.2, 0.25) is 0 Å². The molecule has 0 radical (unpaired) electrons. The van der Waals surface area contributed by atoms with Crippen molar-refractivity contribution in [3.05, 3.63) is 51.5 Å². The van der Waals surface area contributed by atoms with Gasteiger partial charge in [0.05, 0.1) is 11.1 Å². The van der Waals surface area contributed by atoms with E-state index in [-0.39, 0.29) is 42.6 Å². The lowest BCUT2D eigenvalue weighted by molar-refractivity contribution is 0.0237. The van der Waals surface area contributed by atoms with Crippen LogP contribution in [0.25, 0.3) is 0 Å². The van der Waals surface area contributed by atoms with Gasteiger partial charge in [-0.1, -0.05) is 26.0 Å². The summed E-state index contributed by atoms with van der Waals surface area (Å²) in [7, 11) is 0. The highest BCUT2D eigenvalue weighted by atomic mass is 32.1. The summed E-state index contributed by atoms with van der Waals surface area (Å²) in [5, 5.41) is 14.1. The van der Waals surface area contributed by atoms with Crippen LogP contribution in [-0.2, 0) is 9.47 Å². The molecule has 0 spiro atoms. The van der Waals surface area contributed by atoms with Gasteiger partial charge >= 0.3 is 12.1 Å². The van der Waals surface area contributed by atoms with E-state index in [0.29, 0.717) is 29.0 Å². The first-order valence-electron chi connectivity index (χ1n) is 12.1. The molecule has 2 atom stereocenters. The summed E-state index contributed by atoms with van der Waals surface area (Å²) in [6, 6.07) is 6.37. The fraction of sp³-hybridized carbons (Fsp3) is 0.500. The maximum atomic E-state index is 12.6. The number of hydrogen-bond acceptors (Lipinski definition) is 8. The van der Waals surface area contributed by atoms with E-state index in [1.54, 1.807) is 45.0 Å². The third-order valence-electron chi connectivity index (χ3n) is 5.71. The average Bonchev–Trinajstić information content (AvgIpc) is 3.39. The second-order valence-corrected chi connectivity index (χ2v) is 11.0. The number of nitrogens with zero attached hydrogens (tertiary/aromatic N) is 2. The lowest BCUT2D eigenvalue weighted by Gasteiger charge is -2.28. The third-order valence-corrected chi connectivity index (χ3v) is 6.65. The number of alkyl carbamates (subject to hydrolysis) is 1. The lowest BCUT2D eigenvalue weighted by atomic mass is 9.98. The number of benzene rings is 1. The summed E-state index contributed by atoms with van der Waals surface area (Å²) in [6.45, 7) is 9.61. The van der Waals surface area contributed by atoms with Gasteiger partial charge in [0.2, 0.25) is 0 Å². The van der Waals surface area contributed by atoms with E-state index in [2.05, 4.69) is 10.3 Å². The Morgan fingerprint density at radius 1 is 1.14 bits per heavy atom. The molecule has 11 heteroatoms. The van der Waals surface area contributed by atoms with Gasteiger partial charge in [0, 0.05) is 31.0 Å². The van der Waals surface area contributed by atoms with Crippen LogP contribution in [0.5, 0.6) is 0 Å². The molecular weight excluding hydrogens is 498 g/mol. The number of aromatic carboxylic acids is 1. The molecule has 3 rings (SSSR count). The first-order valence-corrected chi connectivity index (χ1v) is 13.0. The van der Waals surface area contributed by atoms with Gasteiger partial charge in [-0.25, -0.2) is 14.6 Å². The largest absolute Gasteiger partial charge is 0.476 e. The molecule has 0 aliphatic carbocycles. The van der Waals surface area contributed by atoms with Gasteiger partial charge in [0.15, 0.2) is 5.69 Å². The number of imide groups is 1. The highest BCUT2D eigenvalue weighted by molar-refractivity contribution is 7.09. The predicted octanol–water partition coefficient (Wildman–Crippen LogP) is 4.52. The molecule has 0 saturated heterocycles. The number of nitrogens with one attached hydrogen (secondary N) is 1. The molecule has 200 valence electrons. The number of carbonyl (C=O) groups is 4.